The van der Waals surface area contributed by atoms with Gasteiger partial charge >= 0.3 is 0 Å². The molecule has 3 nitrogen and oxygen atoms in total. The second-order valence-corrected chi connectivity index (χ2v) is 5.71. The maximum atomic E-state index is 12.5. The molecule has 0 aromatic carbocycles. The van der Waals surface area contributed by atoms with E-state index in [1.807, 2.05) is 18.7 Å². The quantitative estimate of drug-likeness (QED) is 0.711. The van der Waals surface area contributed by atoms with E-state index in [4.69, 9.17) is 18.0 Å². The Bertz CT molecular complexity index is 287. The fourth-order valence-electron chi connectivity index (χ4n) is 2.10. The average molecular weight is 256 g/mol. The van der Waals surface area contributed by atoms with E-state index in [9.17, 15) is 4.79 Å². The summed E-state index contributed by atoms with van der Waals surface area (Å²) in [5.41, 5.74) is 5.71. The molecule has 0 aromatic rings. The standard InChI is InChI=1S/C13H24N2OS/c1-4-5-8-15(10-6-7-10)13(16)11(9(2)3)12(14)17/h9-11H,4-8H2,1-3H3,(H2,14,17). The summed E-state index contributed by atoms with van der Waals surface area (Å²) >= 11 is 5.04. The Morgan fingerprint density at radius 3 is 2.41 bits per heavy atom. The van der Waals surface area contributed by atoms with Crippen LogP contribution in [-0.2, 0) is 4.79 Å². The van der Waals surface area contributed by atoms with Gasteiger partial charge in [-0.05, 0) is 25.2 Å². The Balaban J connectivity index is 2.70. The molecular formula is C13H24N2OS. The number of hydrogen-bond donors (Lipinski definition) is 1. The second-order valence-electron chi connectivity index (χ2n) is 5.24. The summed E-state index contributed by atoms with van der Waals surface area (Å²) in [6.07, 6.45) is 4.44. The molecule has 1 amide bonds. The van der Waals surface area contributed by atoms with Crippen LogP contribution >= 0.6 is 12.2 Å². The number of unbranched alkanes of at least 4 members (excludes halogenated alkanes) is 1. The normalized spacial score (nSPS) is 16.9. The second kappa shape index (κ2) is 6.34. The van der Waals surface area contributed by atoms with Gasteiger partial charge in [0.15, 0.2) is 0 Å². The lowest BCUT2D eigenvalue weighted by molar-refractivity contribution is -0.135. The van der Waals surface area contributed by atoms with Crippen molar-refractivity contribution in [1.82, 2.24) is 4.90 Å². The monoisotopic (exact) mass is 256 g/mol. The molecule has 0 bridgehead atoms. The van der Waals surface area contributed by atoms with Crippen molar-refractivity contribution in [2.45, 2.75) is 52.5 Å². The van der Waals surface area contributed by atoms with Gasteiger partial charge in [0.05, 0.1) is 10.9 Å². The molecule has 0 saturated heterocycles. The molecule has 98 valence electrons. The maximum absolute atomic E-state index is 12.5. The van der Waals surface area contributed by atoms with Gasteiger partial charge in [0.2, 0.25) is 5.91 Å². The fourth-order valence-corrected chi connectivity index (χ4v) is 2.47. The first kappa shape index (κ1) is 14.4. The van der Waals surface area contributed by atoms with Crippen molar-refractivity contribution in [3.05, 3.63) is 0 Å². The van der Waals surface area contributed by atoms with Gasteiger partial charge in [-0.25, -0.2) is 0 Å². The Labute approximate surface area is 110 Å². The predicted octanol–water partition coefficient (Wildman–Crippen LogP) is 2.34. The highest BCUT2D eigenvalue weighted by molar-refractivity contribution is 7.80. The van der Waals surface area contributed by atoms with Crippen molar-refractivity contribution >= 4 is 23.1 Å². The van der Waals surface area contributed by atoms with Crippen molar-refractivity contribution in [2.24, 2.45) is 17.6 Å². The summed E-state index contributed by atoms with van der Waals surface area (Å²) in [5.74, 6) is 0.0359. The summed E-state index contributed by atoms with van der Waals surface area (Å²) in [6.45, 7) is 7.01. The van der Waals surface area contributed by atoms with Crippen molar-refractivity contribution in [2.75, 3.05) is 6.54 Å². The first-order chi connectivity index (χ1) is 7.99. The van der Waals surface area contributed by atoms with Gasteiger partial charge in [-0.2, -0.15) is 0 Å². The molecule has 2 N–H and O–H groups in total. The predicted molar refractivity (Wildman–Crippen MR) is 74.8 cm³/mol. The number of nitrogens with zero attached hydrogens (tertiary/aromatic N) is 1. The molecule has 1 aliphatic carbocycles. The molecule has 0 aliphatic heterocycles. The van der Waals surface area contributed by atoms with Crippen LogP contribution in [-0.4, -0.2) is 28.4 Å². The molecule has 1 fully saturated rings. The summed E-state index contributed by atoms with van der Waals surface area (Å²) in [4.78, 5) is 14.8. The van der Waals surface area contributed by atoms with E-state index >= 15 is 0 Å². The molecule has 4 heteroatoms. The Hall–Kier alpha value is -0.640. The third-order valence-electron chi connectivity index (χ3n) is 3.26. The zero-order chi connectivity index (χ0) is 13.0. The molecule has 1 unspecified atom stereocenters. The Morgan fingerprint density at radius 2 is 2.06 bits per heavy atom. The molecule has 0 heterocycles. The van der Waals surface area contributed by atoms with Crippen LogP contribution in [0, 0.1) is 11.8 Å². The molecule has 1 saturated carbocycles. The first-order valence-electron chi connectivity index (χ1n) is 6.58. The number of amides is 1. The van der Waals surface area contributed by atoms with Crippen LogP contribution in [0.25, 0.3) is 0 Å². The van der Waals surface area contributed by atoms with Crippen LogP contribution in [0.15, 0.2) is 0 Å². The Morgan fingerprint density at radius 1 is 1.47 bits per heavy atom. The zero-order valence-corrected chi connectivity index (χ0v) is 11.9. The number of carbonyl (C=O) groups is 1. The van der Waals surface area contributed by atoms with Crippen LogP contribution in [0.2, 0.25) is 0 Å². The van der Waals surface area contributed by atoms with Crippen LogP contribution in [0.3, 0.4) is 0 Å². The average Bonchev–Trinajstić information content (AvgIpc) is 3.01. The number of thiocarbonyl (C=S) groups is 1. The summed E-state index contributed by atoms with van der Waals surface area (Å²) in [7, 11) is 0. The lowest BCUT2D eigenvalue weighted by Crippen LogP contribution is -2.45. The van der Waals surface area contributed by atoms with Gasteiger partial charge in [-0.1, -0.05) is 39.4 Å². The largest absolute Gasteiger partial charge is 0.393 e. The SMILES string of the molecule is CCCCN(C(=O)C(C(N)=S)C(C)C)C1CC1. The van der Waals surface area contributed by atoms with E-state index in [1.165, 1.54) is 0 Å². The number of rotatable bonds is 7. The van der Waals surface area contributed by atoms with E-state index < -0.39 is 0 Å². The van der Waals surface area contributed by atoms with Gasteiger partial charge in [-0.3, -0.25) is 4.79 Å². The molecule has 1 aliphatic rings. The van der Waals surface area contributed by atoms with Crippen LogP contribution in [0.4, 0.5) is 0 Å². The summed E-state index contributed by atoms with van der Waals surface area (Å²) < 4.78 is 0. The highest BCUT2D eigenvalue weighted by Crippen LogP contribution is 2.29. The molecule has 0 radical (unpaired) electrons. The van der Waals surface area contributed by atoms with Gasteiger partial charge < -0.3 is 10.6 Å². The fraction of sp³-hybridized carbons (Fsp3) is 0.846. The van der Waals surface area contributed by atoms with Crippen LogP contribution in [0.1, 0.15) is 46.5 Å². The van der Waals surface area contributed by atoms with Crippen molar-refractivity contribution in [1.29, 1.82) is 0 Å². The summed E-state index contributed by atoms with van der Waals surface area (Å²) in [6, 6.07) is 0.449. The van der Waals surface area contributed by atoms with Gasteiger partial charge in [0.25, 0.3) is 0 Å². The molecule has 0 aromatic heterocycles. The lowest BCUT2D eigenvalue weighted by Gasteiger charge is -2.28. The first-order valence-corrected chi connectivity index (χ1v) is 6.99. The molecule has 17 heavy (non-hydrogen) atoms. The Kier molecular flexibility index (Phi) is 5.37. The van der Waals surface area contributed by atoms with Crippen molar-refractivity contribution < 1.29 is 4.79 Å². The minimum Gasteiger partial charge on any atom is -0.393 e. The minimum absolute atomic E-state index is 0.142. The number of hydrogen-bond acceptors (Lipinski definition) is 2. The van der Waals surface area contributed by atoms with E-state index in [1.54, 1.807) is 0 Å². The van der Waals surface area contributed by atoms with Crippen molar-refractivity contribution in [3.63, 3.8) is 0 Å². The lowest BCUT2D eigenvalue weighted by atomic mass is 9.94. The number of carbonyl (C=O) groups excluding carboxylic acids is 1. The molecule has 1 atom stereocenters. The summed E-state index contributed by atoms with van der Waals surface area (Å²) in [5, 5.41) is 0. The van der Waals surface area contributed by atoms with Gasteiger partial charge in [-0.15, -0.1) is 0 Å². The van der Waals surface area contributed by atoms with Gasteiger partial charge in [0, 0.05) is 12.6 Å². The topological polar surface area (TPSA) is 46.3 Å². The smallest absolute Gasteiger partial charge is 0.233 e. The molecule has 0 spiro atoms. The third-order valence-corrected chi connectivity index (χ3v) is 3.52. The molecular weight excluding hydrogens is 232 g/mol. The van der Waals surface area contributed by atoms with Crippen LogP contribution in [0.5, 0.6) is 0 Å². The third kappa shape index (κ3) is 3.95. The van der Waals surface area contributed by atoms with E-state index in [-0.39, 0.29) is 17.7 Å². The highest BCUT2D eigenvalue weighted by Gasteiger charge is 2.37. The zero-order valence-electron chi connectivity index (χ0n) is 11.1. The maximum Gasteiger partial charge on any atom is 0.233 e. The minimum atomic E-state index is -0.289. The van der Waals surface area contributed by atoms with Gasteiger partial charge in [0.1, 0.15) is 0 Å². The van der Waals surface area contributed by atoms with E-state index in [2.05, 4.69) is 6.92 Å². The highest BCUT2D eigenvalue weighted by atomic mass is 32.1. The number of nitrogens with two attached hydrogens (primary N) is 1. The van der Waals surface area contributed by atoms with Crippen LogP contribution < -0.4 is 5.73 Å². The molecule has 1 rings (SSSR count). The van der Waals surface area contributed by atoms with Crippen molar-refractivity contribution in [3.8, 4) is 0 Å². The van der Waals surface area contributed by atoms with E-state index in [0.29, 0.717) is 11.0 Å². The van der Waals surface area contributed by atoms with E-state index in [0.717, 1.165) is 32.2 Å².